The Kier molecular flexibility index (Phi) is 6.25. The fourth-order valence-electron chi connectivity index (χ4n) is 5.29. The number of aryl methyl sites for hydroxylation is 4. The molecule has 0 saturated carbocycles. The van der Waals surface area contributed by atoms with Gasteiger partial charge in [-0.2, -0.15) is 0 Å². The van der Waals surface area contributed by atoms with Crippen LogP contribution in [0.4, 0.5) is 0 Å². The molecule has 4 rings (SSSR count). The number of phenolic OH excluding ortho intramolecular Hbond substituents is 4. The second-order valence-corrected chi connectivity index (χ2v) is 9.74. The molecule has 0 aliphatic rings. The molecule has 0 saturated heterocycles. The van der Waals surface area contributed by atoms with Gasteiger partial charge in [0.05, 0.1) is 0 Å². The average molecular weight is 469 g/mol. The van der Waals surface area contributed by atoms with Gasteiger partial charge in [0.25, 0.3) is 0 Å². The van der Waals surface area contributed by atoms with E-state index in [1.807, 2.05) is 76.2 Å². The molecular formula is C31H32O4. The smallest absolute Gasteiger partial charge is 0.121 e. The summed E-state index contributed by atoms with van der Waals surface area (Å²) in [6, 6.07) is 22.5. The normalized spacial score (nSPS) is 11.7. The summed E-state index contributed by atoms with van der Waals surface area (Å²) >= 11 is 0. The highest BCUT2D eigenvalue weighted by Gasteiger charge is 2.40. The molecule has 180 valence electrons. The summed E-state index contributed by atoms with van der Waals surface area (Å²) in [4.78, 5) is 0. The van der Waals surface area contributed by atoms with Crippen LogP contribution in [-0.4, -0.2) is 20.4 Å². The maximum absolute atomic E-state index is 10.5. The molecule has 0 spiro atoms. The van der Waals surface area contributed by atoms with Crippen molar-refractivity contribution in [3.8, 4) is 23.0 Å². The van der Waals surface area contributed by atoms with E-state index >= 15 is 0 Å². The second kappa shape index (κ2) is 9.03. The first kappa shape index (κ1) is 24.2. The molecule has 0 aliphatic carbocycles. The Bertz CT molecular complexity index is 1220. The van der Waals surface area contributed by atoms with Crippen LogP contribution in [0.3, 0.4) is 0 Å². The molecule has 35 heavy (non-hydrogen) atoms. The van der Waals surface area contributed by atoms with Crippen LogP contribution in [0.5, 0.6) is 23.0 Å². The molecule has 0 fully saturated rings. The van der Waals surface area contributed by atoms with E-state index in [9.17, 15) is 20.4 Å². The molecule has 4 heteroatoms. The molecule has 0 amide bonds. The maximum atomic E-state index is 10.5. The van der Waals surface area contributed by atoms with Crippen LogP contribution < -0.4 is 0 Å². The van der Waals surface area contributed by atoms with Crippen molar-refractivity contribution in [3.05, 3.63) is 117 Å². The van der Waals surface area contributed by atoms with E-state index in [-0.39, 0.29) is 28.9 Å². The predicted octanol–water partition coefficient (Wildman–Crippen LogP) is 6.88. The number of benzene rings is 4. The fraction of sp³-hybridized carbons (Fsp3) is 0.226. The molecule has 0 atom stereocenters. The molecule has 0 aromatic heterocycles. The number of phenols is 4. The van der Waals surface area contributed by atoms with Gasteiger partial charge in [0.1, 0.15) is 23.0 Å². The van der Waals surface area contributed by atoms with E-state index < -0.39 is 5.41 Å². The quantitative estimate of drug-likeness (QED) is 0.257. The lowest BCUT2D eigenvalue weighted by molar-refractivity contribution is 0.458. The molecule has 0 heterocycles. The van der Waals surface area contributed by atoms with Gasteiger partial charge in [0, 0.05) is 11.3 Å². The lowest BCUT2D eigenvalue weighted by Gasteiger charge is -2.40. The van der Waals surface area contributed by atoms with E-state index in [2.05, 4.69) is 6.92 Å². The first-order valence-corrected chi connectivity index (χ1v) is 11.7. The van der Waals surface area contributed by atoms with Gasteiger partial charge in [-0.3, -0.25) is 0 Å². The minimum Gasteiger partial charge on any atom is -0.508 e. The second-order valence-electron chi connectivity index (χ2n) is 9.74. The molecule has 4 N–H and O–H groups in total. The zero-order chi connectivity index (χ0) is 25.5. The molecule has 4 aromatic rings. The van der Waals surface area contributed by atoms with E-state index in [4.69, 9.17) is 0 Å². The van der Waals surface area contributed by atoms with Crippen LogP contribution >= 0.6 is 0 Å². The van der Waals surface area contributed by atoms with Gasteiger partial charge in [0.15, 0.2) is 0 Å². The largest absolute Gasteiger partial charge is 0.508 e. The van der Waals surface area contributed by atoms with Crippen molar-refractivity contribution >= 4 is 0 Å². The summed E-state index contributed by atoms with van der Waals surface area (Å²) in [6.07, 6.45) is 0. The molecule has 4 nitrogen and oxygen atoms in total. The summed E-state index contributed by atoms with van der Waals surface area (Å²) < 4.78 is 0. The third-order valence-electron chi connectivity index (χ3n) is 7.20. The minimum atomic E-state index is -0.632. The molecular weight excluding hydrogens is 436 g/mol. The number of rotatable bonds is 5. The summed E-state index contributed by atoms with van der Waals surface area (Å²) in [5.41, 5.74) is 6.53. The first-order chi connectivity index (χ1) is 16.5. The first-order valence-electron chi connectivity index (χ1n) is 11.7. The van der Waals surface area contributed by atoms with E-state index in [0.29, 0.717) is 0 Å². The Morgan fingerprint density at radius 3 is 1.09 bits per heavy atom. The van der Waals surface area contributed by atoms with Crippen LogP contribution in [0.1, 0.15) is 57.3 Å². The van der Waals surface area contributed by atoms with Crippen LogP contribution in [0, 0.1) is 27.7 Å². The number of hydrogen-bond acceptors (Lipinski definition) is 4. The number of aromatic hydroxyl groups is 4. The molecule has 0 radical (unpaired) electrons. The Morgan fingerprint density at radius 1 is 0.514 bits per heavy atom. The highest BCUT2D eigenvalue weighted by atomic mass is 16.3. The standard InChI is InChI=1S/C31H32O4/c1-18-14-22(15-19(2)29(18)34)28(23-16-20(3)30(35)21(4)17-23)31(5,24-6-10-26(32)11-7-24)25-8-12-27(33)13-9-25/h6-17,28,32-35H,1-5H3. The summed E-state index contributed by atoms with van der Waals surface area (Å²) in [5, 5.41) is 41.1. The van der Waals surface area contributed by atoms with Crippen molar-refractivity contribution in [1.29, 1.82) is 0 Å². The molecule has 0 aliphatic heterocycles. The van der Waals surface area contributed by atoms with Gasteiger partial charge in [-0.05, 0) is 96.5 Å². The van der Waals surface area contributed by atoms with Crippen LogP contribution in [0.25, 0.3) is 0 Å². The van der Waals surface area contributed by atoms with Crippen molar-refractivity contribution in [2.45, 2.75) is 46.0 Å². The van der Waals surface area contributed by atoms with Gasteiger partial charge in [-0.25, -0.2) is 0 Å². The van der Waals surface area contributed by atoms with Gasteiger partial charge in [-0.15, -0.1) is 0 Å². The van der Waals surface area contributed by atoms with Crippen LogP contribution in [0.2, 0.25) is 0 Å². The van der Waals surface area contributed by atoms with Gasteiger partial charge < -0.3 is 20.4 Å². The van der Waals surface area contributed by atoms with Gasteiger partial charge in [-0.1, -0.05) is 55.5 Å². The maximum Gasteiger partial charge on any atom is 0.121 e. The van der Waals surface area contributed by atoms with Crippen LogP contribution in [-0.2, 0) is 5.41 Å². The van der Waals surface area contributed by atoms with Crippen LogP contribution in [0.15, 0.2) is 72.8 Å². The summed E-state index contributed by atoms with van der Waals surface area (Å²) in [7, 11) is 0. The van der Waals surface area contributed by atoms with Crippen molar-refractivity contribution in [2.75, 3.05) is 0 Å². The summed E-state index contributed by atoms with van der Waals surface area (Å²) in [5.74, 6) is 0.715. The van der Waals surface area contributed by atoms with Crippen molar-refractivity contribution in [3.63, 3.8) is 0 Å². The third kappa shape index (κ3) is 4.32. The van der Waals surface area contributed by atoms with E-state index in [1.165, 1.54) is 0 Å². The SMILES string of the molecule is Cc1cc(C(c2cc(C)c(O)c(C)c2)C(C)(c2ccc(O)cc2)c2ccc(O)cc2)cc(C)c1O. The third-order valence-corrected chi connectivity index (χ3v) is 7.20. The molecule has 0 unspecified atom stereocenters. The predicted molar refractivity (Wildman–Crippen MR) is 140 cm³/mol. The zero-order valence-electron chi connectivity index (χ0n) is 20.8. The highest BCUT2D eigenvalue weighted by molar-refractivity contribution is 5.56. The van der Waals surface area contributed by atoms with Gasteiger partial charge in [0.2, 0.25) is 0 Å². The van der Waals surface area contributed by atoms with Gasteiger partial charge >= 0.3 is 0 Å². The fourth-order valence-corrected chi connectivity index (χ4v) is 5.29. The summed E-state index contributed by atoms with van der Waals surface area (Å²) in [6.45, 7) is 9.75. The lowest BCUT2D eigenvalue weighted by atomic mass is 9.62. The van der Waals surface area contributed by atoms with Crippen molar-refractivity contribution in [1.82, 2.24) is 0 Å². The molecule has 4 aromatic carbocycles. The Balaban J connectivity index is 2.11. The monoisotopic (exact) mass is 468 g/mol. The Labute approximate surface area is 206 Å². The lowest BCUT2D eigenvalue weighted by Crippen LogP contribution is -2.33. The highest BCUT2D eigenvalue weighted by Crippen LogP contribution is 2.50. The topological polar surface area (TPSA) is 80.9 Å². The Morgan fingerprint density at radius 2 is 0.800 bits per heavy atom. The minimum absolute atomic E-state index is 0.186. The molecule has 0 bridgehead atoms. The van der Waals surface area contributed by atoms with Crippen molar-refractivity contribution < 1.29 is 20.4 Å². The Hall–Kier alpha value is -3.92. The van der Waals surface area contributed by atoms with E-state index in [0.717, 1.165) is 44.5 Å². The zero-order valence-corrected chi connectivity index (χ0v) is 20.8. The number of hydrogen-bond donors (Lipinski definition) is 4. The average Bonchev–Trinajstić information content (AvgIpc) is 2.81. The van der Waals surface area contributed by atoms with Crippen molar-refractivity contribution in [2.24, 2.45) is 0 Å². The van der Waals surface area contributed by atoms with E-state index in [1.54, 1.807) is 24.3 Å².